The topological polar surface area (TPSA) is 55.2 Å². The second-order valence-corrected chi connectivity index (χ2v) is 6.97. The number of amides is 2. The van der Waals surface area contributed by atoms with Gasteiger partial charge < -0.3 is 0 Å². The molecule has 1 aliphatic carbocycles. The molecular weight excluding hydrogens is 326 g/mol. The molecule has 1 aromatic heterocycles. The molecule has 5 nitrogen and oxygen atoms in total. The van der Waals surface area contributed by atoms with E-state index in [2.05, 4.69) is 5.10 Å². The van der Waals surface area contributed by atoms with E-state index in [1.807, 2.05) is 24.3 Å². The fraction of sp³-hybridized carbons (Fsp3) is 0.389. The van der Waals surface area contributed by atoms with Gasteiger partial charge in [-0.1, -0.05) is 36.6 Å². The molecule has 24 heavy (non-hydrogen) atoms. The molecule has 124 valence electrons. The minimum atomic E-state index is -0.125. The van der Waals surface area contributed by atoms with E-state index in [9.17, 15) is 9.59 Å². The van der Waals surface area contributed by atoms with Crippen LogP contribution in [0.2, 0.25) is 5.02 Å². The first-order chi connectivity index (χ1) is 11.6. The van der Waals surface area contributed by atoms with E-state index in [1.165, 1.54) is 4.90 Å². The summed E-state index contributed by atoms with van der Waals surface area (Å²) in [6, 6.07) is 7.55. The number of imide groups is 1. The highest BCUT2D eigenvalue weighted by molar-refractivity contribution is 6.30. The molecule has 0 radical (unpaired) electrons. The predicted octanol–water partition coefficient (Wildman–Crippen LogP) is 3.26. The molecule has 6 heteroatoms. The lowest BCUT2D eigenvalue weighted by molar-refractivity contribution is -0.122. The summed E-state index contributed by atoms with van der Waals surface area (Å²) in [6.07, 6.45) is 7.06. The predicted molar refractivity (Wildman–Crippen MR) is 90.7 cm³/mol. The number of carbonyl (C=O) groups is 2. The van der Waals surface area contributed by atoms with Crippen molar-refractivity contribution in [1.82, 2.24) is 9.78 Å². The lowest BCUT2D eigenvalue weighted by Gasteiger charge is -2.19. The van der Waals surface area contributed by atoms with Crippen LogP contribution in [0.15, 0.2) is 36.7 Å². The van der Waals surface area contributed by atoms with Gasteiger partial charge in [-0.2, -0.15) is 5.10 Å². The van der Waals surface area contributed by atoms with Crippen molar-refractivity contribution in [3.63, 3.8) is 0 Å². The van der Waals surface area contributed by atoms with E-state index in [1.54, 1.807) is 17.1 Å². The Labute approximate surface area is 145 Å². The molecule has 0 spiro atoms. The summed E-state index contributed by atoms with van der Waals surface area (Å²) in [5.41, 5.74) is 1.64. The number of aromatic nitrogens is 2. The van der Waals surface area contributed by atoms with Crippen LogP contribution in [0.4, 0.5) is 5.69 Å². The van der Waals surface area contributed by atoms with Crippen LogP contribution >= 0.6 is 11.6 Å². The van der Waals surface area contributed by atoms with Crippen LogP contribution in [-0.4, -0.2) is 21.6 Å². The molecule has 2 unspecified atom stereocenters. The Morgan fingerprint density at radius 3 is 2.46 bits per heavy atom. The molecule has 2 aliphatic rings. The quantitative estimate of drug-likeness (QED) is 0.804. The number of rotatable bonds is 3. The molecule has 1 aromatic carbocycles. The molecule has 0 bridgehead atoms. The van der Waals surface area contributed by atoms with Crippen LogP contribution < -0.4 is 4.90 Å². The SMILES string of the molecule is O=C1C2CCCCC2C(=O)N1c1cccc(Cn2cc(Cl)cn2)c1. The lowest BCUT2D eigenvalue weighted by atomic mass is 9.81. The van der Waals surface area contributed by atoms with Gasteiger partial charge in [-0.3, -0.25) is 19.2 Å². The number of fused-ring (bicyclic) bond motifs is 1. The molecule has 2 atom stereocenters. The van der Waals surface area contributed by atoms with Gasteiger partial charge in [-0.25, -0.2) is 0 Å². The van der Waals surface area contributed by atoms with Gasteiger partial charge in [0.2, 0.25) is 11.8 Å². The number of halogens is 1. The van der Waals surface area contributed by atoms with Crippen LogP contribution in [0.5, 0.6) is 0 Å². The van der Waals surface area contributed by atoms with Crippen molar-refractivity contribution < 1.29 is 9.59 Å². The van der Waals surface area contributed by atoms with Gasteiger partial charge in [-0.05, 0) is 30.5 Å². The Bertz CT molecular complexity index is 777. The van der Waals surface area contributed by atoms with Crippen molar-refractivity contribution in [1.29, 1.82) is 0 Å². The summed E-state index contributed by atoms with van der Waals surface area (Å²) in [4.78, 5) is 26.8. The number of anilines is 1. The number of nitrogens with zero attached hydrogens (tertiary/aromatic N) is 3. The van der Waals surface area contributed by atoms with E-state index in [-0.39, 0.29) is 23.7 Å². The first-order valence-corrected chi connectivity index (χ1v) is 8.66. The van der Waals surface area contributed by atoms with E-state index in [0.29, 0.717) is 17.3 Å². The summed E-state index contributed by atoms with van der Waals surface area (Å²) < 4.78 is 1.73. The second kappa shape index (κ2) is 6.06. The van der Waals surface area contributed by atoms with Crippen LogP contribution in [-0.2, 0) is 16.1 Å². The Hall–Kier alpha value is -2.14. The van der Waals surface area contributed by atoms with Gasteiger partial charge in [0.25, 0.3) is 0 Å². The summed E-state index contributed by atoms with van der Waals surface area (Å²) in [5, 5.41) is 4.75. The Balaban J connectivity index is 1.61. The maximum Gasteiger partial charge on any atom is 0.237 e. The zero-order valence-electron chi connectivity index (χ0n) is 13.2. The second-order valence-electron chi connectivity index (χ2n) is 6.54. The number of benzene rings is 1. The normalized spacial score (nSPS) is 23.6. The maximum absolute atomic E-state index is 12.7. The van der Waals surface area contributed by atoms with E-state index < -0.39 is 0 Å². The maximum atomic E-state index is 12.7. The fourth-order valence-corrected chi connectivity index (χ4v) is 3.98. The number of hydrogen-bond donors (Lipinski definition) is 0. The molecule has 0 N–H and O–H groups in total. The van der Waals surface area contributed by atoms with Gasteiger partial charge in [0.15, 0.2) is 0 Å². The molecule has 1 saturated carbocycles. The molecule has 4 rings (SSSR count). The van der Waals surface area contributed by atoms with Crippen LogP contribution in [0.3, 0.4) is 0 Å². The monoisotopic (exact) mass is 343 g/mol. The van der Waals surface area contributed by atoms with Crippen molar-refractivity contribution in [3.05, 3.63) is 47.2 Å². The summed E-state index contributed by atoms with van der Waals surface area (Å²) in [5.74, 6) is -0.326. The highest BCUT2D eigenvalue weighted by Crippen LogP contribution is 2.40. The van der Waals surface area contributed by atoms with Gasteiger partial charge >= 0.3 is 0 Å². The minimum absolute atomic E-state index is 0.0380. The Morgan fingerprint density at radius 2 is 1.83 bits per heavy atom. The molecule has 2 heterocycles. The zero-order valence-corrected chi connectivity index (χ0v) is 13.9. The van der Waals surface area contributed by atoms with E-state index in [0.717, 1.165) is 31.2 Å². The van der Waals surface area contributed by atoms with Gasteiger partial charge in [-0.15, -0.1) is 0 Å². The third-order valence-corrected chi connectivity index (χ3v) is 5.15. The minimum Gasteiger partial charge on any atom is -0.274 e. The molecule has 1 aliphatic heterocycles. The Morgan fingerprint density at radius 1 is 1.12 bits per heavy atom. The first kappa shape index (κ1) is 15.4. The van der Waals surface area contributed by atoms with E-state index >= 15 is 0 Å². The first-order valence-electron chi connectivity index (χ1n) is 8.28. The molecule has 2 amide bonds. The van der Waals surface area contributed by atoms with E-state index in [4.69, 9.17) is 11.6 Å². The summed E-state index contributed by atoms with van der Waals surface area (Å²) >= 11 is 5.89. The van der Waals surface area contributed by atoms with Gasteiger partial charge in [0, 0.05) is 6.20 Å². The largest absolute Gasteiger partial charge is 0.274 e. The molecule has 2 aromatic rings. The Kier molecular flexibility index (Phi) is 3.88. The molecule has 2 fully saturated rings. The average molecular weight is 344 g/mol. The van der Waals surface area contributed by atoms with Gasteiger partial charge in [0.05, 0.1) is 35.3 Å². The van der Waals surface area contributed by atoms with Crippen LogP contribution in [0, 0.1) is 11.8 Å². The molecule has 1 saturated heterocycles. The standard InChI is InChI=1S/C18H18ClN3O2/c19-13-9-20-21(11-13)10-12-4-3-5-14(8-12)22-17(23)15-6-1-2-7-16(15)18(22)24/h3-5,8-9,11,15-16H,1-2,6-7,10H2. The zero-order chi connectivity index (χ0) is 16.7. The van der Waals surface area contributed by atoms with Crippen LogP contribution in [0.1, 0.15) is 31.2 Å². The van der Waals surface area contributed by atoms with Crippen LogP contribution in [0.25, 0.3) is 0 Å². The third-order valence-electron chi connectivity index (χ3n) is 4.96. The molecular formula is C18H18ClN3O2. The van der Waals surface area contributed by atoms with Crippen molar-refractivity contribution in [3.8, 4) is 0 Å². The van der Waals surface area contributed by atoms with Crippen molar-refractivity contribution in [2.75, 3.05) is 4.90 Å². The highest BCUT2D eigenvalue weighted by Gasteiger charge is 2.48. The van der Waals surface area contributed by atoms with Crippen molar-refractivity contribution in [2.24, 2.45) is 11.8 Å². The summed E-state index contributed by atoms with van der Waals surface area (Å²) in [7, 11) is 0. The fourth-order valence-electron chi connectivity index (χ4n) is 3.82. The number of hydrogen-bond acceptors (Lipinski definition) is 3. The number of carbonyl (C=O) groups excluding carboxylic acids is 2. The van der Waals surface area contributed by atoms with Crippen molar-refractivity contribution in [2.45, 2.75) is 32.2 Å². The lowest BCUT2D eigenvalue weighted by Crippen LogP contribution is -2.30. The average Bonchev–Trinajstić information content (AvgIpc) is 3.10. The van der Waals surface area contributed by atoms with Gasteiger partial charge in [0.1, 0.15) is 0 Å². The summed E-state index contributed by atoms with van der Waals surface area (Å²) in [6.45, 7) is 0.545. The smallest absolute Gasteiger partial charge is 0.237 e. The van der Waals surface area contributed by atoms with Crippen molar-refractivity contribution >= 4 is 29.1 Å². The third kappa shape index (κ3) is 2.63. The highest BCUT2D eigenvalue weighted by atomic mass is 35.5.